The summed E-state index contributed by atoms with van der Waals surface area (Å²) in [5, 5.41) is 0. The lowest BCUT2D eigenvalue weighted by Crippen LogP contribution is -2.53. The molecule has 3 nitrogen and oxygen atoms in total. The standard InChI is InChI=1S/C20H26O3/c1-19(2)22-13-20(14-23-19)17-9-8-16(10-17)18(20)12-21-11-15-6-4-3-5-7-15/h3-9,16-18H,10-14H2,1-2H3/t16-,17?,18-/m0/s1. The third kappa shape index (κ3) is 2.75. The average Bonchev–Trinajstić information content (AvgIpc) is 3.13. The van der Waals surface area contributed by atoms with Crippen molar-refractivity contribution in [3.8, 4) is 0 Å². The summed E-state index contributed by atoms with van der Waals surface area (Å²) in [6.07, 6.45) is 5.99. The second-order valence-electron chi connectivity index (χ2n) is 7.71. The highest BCUT2D eigenvalue weighted by Gasteiger charge is 2.58. The van der Waals surface area contributed by atoms with Crippen LogP contribution >= 0.6 is 0 Å². The summed E-state index contributed by atoms with van der Waals surface area (Å²) in [4.78, 5) is 0. The van der Waals surface area contributed by atoms with Crippen molar-refractivity contribution in [2.24, 2.45) is 23.2 Å². The fourth-order valence-electron chi connectivity index (χ4n) is 4.45. The van der Waals surface area contributed by atoms with Gasteiger partial charge in [0.1, 0.15) is 0 Å². The van der Waals surface area contributed by atoms with E-state index in [1.54, 1.807) is 0 Å². The normalized spacial score (nSPS) is 33.4. The molecule has 4 rings (SSSR count). The number of hydrogen-bond donors (Lipinski definition) is 0. The van der Waals surface area contributed by atoms with E-state index in [1.165, 1.54) is 12.0 Å². The lowest BCUT2D eigenvalue weighted by molar-refractivity contribution is -0.299. The van der Waals surface area contributed by atoms with E-state index in [9.17, 15) is 0 Å². The van der Waals surface area contributed by atoms with Gasteiger partial charge in [-0.05, 0) is 43.6 Å². The Kier molecular flexibility index (Phi) is 3.83. The zero-order chi connectivity index (χ0) is 15.9. The number of fused-ring (bicyclic) bond motifs is 3. The number of benzene rings is 1. The quantitative estimate of drug-likeness (QED) is 0.791. The molecular formula is C20H26O3. The predicted molar refractivity (Wildman–Crippen MR) is 88.7 cm³/mol. The van der Waals surface area contributed by atoms with E-state index >= 15 is 0 Å². The van der Waals surface area contributed by atoms with Crippen molar-refractivity contribution in [2.45, 2.75) is 32.7 Å². The van der Waals surface area contributed by atoms with Crippen molar-refractivity contribution in [2.75, 3.05) is 19.8 Å². The first-order chi connectivity index (χ1) is 11.1. The first-order valence-electron chi connectivity index (χ1n) is 8.67. The summed E-state index contributed by atoms with van der Waals surface area (Å²) in [7, 11) is 0. The van der Waals surface area contributed by atoms with Crippen LogP contribution in [0.4, 0.5) is 0 Å². The topological polar surface area (TPSA) is 27.7 Å². The number of rotatable bonds is 4. The molecule has 23 heavy (non-hydrogen) atoms. The van der Waals surface area contributed by atoms with Gasteiger partial charge in [-0.2, -0.15) is 0 Å². The summed E-state index contributed by atoms with van der Waals surface area (Å²) >= 11 is 0. The van der Waals surface area contributed by atoms with E-state index in [1.807, 2.05) is 19.9 Å². The van der Waals surface area contributed by atoms with Gasteiger partial charge in [0.15, 0.2) is 5.79 Å². The molecule has 1 saturated heterocycles. The van der Waals surface area contributed by atoms with Gasteiger partial charge in [-0.3, -0.25) is 0 Å². The third-order valence-corrected chi connectivity index (χ3v) is 5.90. The molecule has 3 heteroatoms. The van der Waals surface area contributed by atoms with Crippen LogP contribution in [0.1, 0.15) is 25.8 Å². The van der Waals surface area contributed by atoms with Crippen LogP contribution in [0.5, 0.6) is 0 Å². The Balaban J connectivity index is 1.43. The van der Waals surface area contributed by atoms with Gasteiger partial charge in [-0.1, -0.05) is 42.5 Å². The number of hydrogen-bond acceptors (Lipinski definition) is 3. The summed E-state index contributed by atoms with van der Waals surface area (Å²) in [5.41, 5.74) is 1.34. The molecule has 1 unspecified atom stereocenters. The van der Waals surface area contributed by atoms with Gasteiger partial charge in [-0.15, -0.1) is 0 Å². The molecule has 1 spiro atoms. The maximum atomic E-state index is 6.09. The molecule has 1 saturated carbocycles. The van der Waals surface area contributed by atoms with E-state index in [2.05, 4.69) is 36.4 Å². The van der Waals surface area contributed by atoms with Crippen molar-refractivity contribution < 1.29 is 14.2 Å². The molecule has 2 bridgehead atoms. The molecule has 2 fully saturated rings. The number of allylic oxidation sites excluding steroid dienone is 2. The SMILES string of the molecule is CC1(C)OCC2(CO1)C1C=C[C@@H](C1)[C@@H]2COCc1ccccc1. The number of ether oxygens (including phenoxy) is 3. The molecule has 0 aromatic heterocycles. The van der Waals surface area contributed by atoms with Gasteiger partial charge in [0.05, 0.1) is 26.4 Å². The third-order valence-electron chi connectivity index (χ3n) is 5.90. The molecule has 1 heterocycles. The van der Waals surface area contributed by atoms with Crippen LogP contribution in [0.25, 0.3) is 0 Å². The summed E-state index contributed by atoms with van der Waals surface area (Å²) in [5.74, 6) is 1.24. The lowest BCUT2D eigenvalue weighted by Gasteiger charge is -2.48. The van der Waals surface area contributed by atoms with Crippen molar-refractivity contribution in [3.05, 3.63) is 48.0 Å². The highest BCUT2D eigenvalue weighted by atomic mass is 16.7. The van der Waals surface area contributed by atoms with E-state index in [-0.39, 0.29) is 5.41 Å². The summed E-state index contributed by atoms with van der Waals surface area (Å²) in [6, 6.07) is 10.4. The molecule has 1 aromatic rings. The highest BCUT2D eigenvalue weighted by molar-refractivity contribution is 5.20. The van der Waals surface area contributed by atoms with Crippen LogP contribution in [0, 0.1) is 23.2 Å². The van der Waals surface area contributed by atoms with Crippen molar-refractivity contribution in [1.29, 1.82) is 0 Å². The Morgan fingerprint density at radius 2 is 1.83 bits per heavy atom. The molecule has 1 aliphatic heterocycles. The van der Waals surface area contributed by atoms with E-state index in [0.717, 1.165) is 19.8 Å². The van der Waals surface area contributed by atoms with Crippen molar-refractivity contribution >= 4 is 0 Å². The predicted octanol–water partition coefficient (Wildman–Crippen LogP) is 3.79. The molecule has 3 aliphatic rings. The molecule has 124 valence electrons. The first kappa shape index (κ1) is 15.4. The minimum atomic E-state index is -0.452. The van der Waals surface area contributed by atoms with Gasteiger partial charge in [0.25, 0.3) is 0 Å². The summed E-state index contributed by atoms with van der Waals surface area (Å²) < 4.78 is 18.2. The highest BCUT2D eigenvalue weighted by Crippen LogP contribution is 2.58. The largest absolute Gasteiger partial charge is 0.376 e. The van der Waals surface area contributed by atoms with Crippen LogP contribution in [-0.2, 0) is 20.8 Å². The fraction of sp³-hybridized carbons (Fsp3) is 0.600. The zero-order valence-electron chi connectivity index (χ0n) is 14.0. The Hall–Kier alpha value is -1.16. The van der Waals surface area contributed by atoms with Crippen LogP contribution in [0.3, 0.4) is 0 Å². The molecule has 0 N–H and O–H groups in total. The fourth-order valence-corrected chi connectivity index (χ4v) is 4.45. The van der Waals surface area contributed by atoms with Gasteiger partial charge in [-0.25, -0.2) is 0 Å². The maximum absolute atomic E-state index is 6.09. The molecular weight excluding hydrogens is 288 g/mol. The average molecular weight is 314 g/mol. The van der Waals surface area contributed by atoms with Crippen LogP contribution in [0.2, 0.25) is 0 Å². The monoisotopic (exact) mass is 314 g/mol. The van der Waals surface area contributed by atoms with Gasteiger partial charge in [0, 0.05) is 5.41 Å². The van der Waals surface area contributed by atoms with E-state index in [4.69, 9.17) is 14.2 Å². The second-order valence-corrected chi connectivity index (χ2v) is 7.71. The minimum Gasteiger partial charge on any atom is -0.376 e. The Labute approximate surface area is 138 Å². The Morgan fingerprint density at radius 1 is 1.09 bits per heavy atom. The molecule has 0 radical (unpaired) electrons. The van der Waals surface area contributed by atoms with Gasteiger partial charge in [0.2, 0.25) is 0 Å². The minimum absolute atomic E-state index is 0.103. The van der Waals surface area contributed by atoms with Crippen LogP contribution < -0.4 is 0 Å². The van der Waals surface area contributed by atoms with Gasteiger partial charge >= 0.3 is 0 Å². The van der Waals surface area contributed by atoms with Crippen molar-refractivity contribution in [3.63, 3.8) is 0 Å². The molecule has 0 amide bonds. The lowest BCUT2D eigenvalue weighted by atomic mass is 9.69. The van der Waals surface area contributed by atoms with Gasteiger partial charge < -0.3 is 14.2 Å². The van der Waals surface area contributed by atoms with E-state index in [0.29, 0.717) is 24.4 Å². The Bertz CT molecular complexity index is 568. The molecule has 1 aromatic carbocycles. The zero-order valence-corrected chi connectivity index (χ0v) is 14.0. The first-order valence-corrected chi connectivity index (χ1v) is 8.67. The van der Waals surface area contributed by atoms with Crippen molar-refractivity contribution in [1.82, 2.24) is 0 Å². The smallest absolute Gasteiger partial charge is 0.162 e. The molecule has 3 atom stereocenters. The molecule has 2 aliphatic carbocycles. The van der Waals surface area contributed by atoms with Crippen LogP contribution in [-0.4, -0.2) is 25.6 Å². The van der Waals surface area contributed by atoms with E-state index < -0.39 is 5.79 Å². The van der Waals surface area contributed by atoms with Crippen LogP contribution in [0.15, 0.2) is 42.5 Å². The summed E-state index contributed by atoms with van der Waals surface area (Å²) in [6.45, 7) is 7.04. The Morgan fingerprint density at radius 3 is 2.57 bits per heavy atom. The maximum Gasteiger partial charge on any atom is 0.162 e. The second kappa shape index (κ2) is 5.73.